The summed E-state index contributed by atoms with van der Waals surface area (Å²) >= 11 is 0. The molecule has 1 heterocycles. The van der Waals surface area contributed by atoms with Gasteiger partial charge in [0.05, 0.1) is 14.2 Å². The molecular weight excluding hydrogens is 244 g/mol. The third kappa shape index (κ3) is 3.68. The lowest BCUT2D eigenvalue weighted by atomic mass is 9.97. The van der Waals surface area contributed by atoms with Crippen molar-refractivity contribution in [1.29, 1.82) is 0 Å². The third-order valence-corrected chi connectivity index (χ3v) is 3.64. The number of nitrogens with one attached hydrogen (secondary N) is 1. The molecule has 2 unspecified atom stereocenters. The molecule has 0 aromatic carbocycles. The van der Waals surface area contributed by atoms with Gasteiger partial charge in [-0.25, -0.2) is 0 Å². The first-order valence-corrected chi connectivity index (χ1v) is 6.83. The molecule has 19 heavy (non-hydrogen) atoms. The van der Waals surface area contributed by atoms with Crippen molar-refractivity contribution in [2.75, 3.05) is 19.5 Å². The van der Waals surface area contributed by atoms with Gasteiger partial charge in [0.1, 0.15) is 0 Å². The molecule has 106 valence electrons. The maximum Gasteiger partial charge on any atom is 0.324 e. The van der Waals surface area contributed by atoms with E-state index in [1.54, 1.807) is 0 Å². The van der Waals surface area contributed by atoms with Crippen molar-refractivity contribution >= 4 is 5.95 Å². The van der Waals surface area contributed by atoms with E-state index in [2.05, 4.69) is 27.2 Å². The van der Waals surface area contributed by atoms with Gasteiger partial charge in [-0.3, -0.25) is 0 Å². The number of hydrogen-bond acceptors (Lipinski definition) is 6. The van der Waals surface area contributed by atoms with Gasteiger partial charge in [-0.1, -0.05) is 26.2 Å². The molecule has 6 heteroatoms. The van der Waals surface area contributed by atoms with Crippen molar-refractivity contribution in [3.8, 4) is 12.0 Å². The van der Waals surface area contributed by atoms with E-state index < -0.39 is 0 Å². The maximum absolute atomic E-state index is 5.06. The van der Waals surface area contributed by atoms with Crippen molar-refractivity contribution in [1.82, 2.24) is 15.0 Å². The fourth-order valence-corrected chi connectivity index (χ4v) is 2.46. The van der Waals surface area contributed by atoms with Crippen LogP contribution >= 0.6 is 0 Å². The van der Waals surface area contributed by atoms with Crippen LogP contribution in [-0.2, 0) is 0 Å². The topological polar surface area (TPSA) is 69.2 Å². The Bertz CT molecular complexity index is 391. The van der Waals surface area contributed by atoms with Crippen LogP contribution in [0, 0.1) is 5.92 Å². The van der Waals surface area contributed by atoms with Gasteiger partial charge in [0.25, 0.3) is 0 Å². The van der Waals surface area contributed by atoms with E-state index >= 15 is 0 Å². The largest absolute Gasteiger partial charge is 0.467 e. The number of methoxy groups -OCH3 is 2. The highest BCUT2D eigenvalue weighted by molar-refractivity contribution is 5.29. The second kappa shape index (κ2) is 6.54. The van der Waals surface area contributed by atoms with Crippen molar-refractivity contribution < 1.29 is 9.47 Å². The van der Waals surface area contributed by atoms with Gasteiger partial charge in [-0.2, -0.15) is 9.97 Å². The molecule has 1 N–H and O–H groups in total. The number of hydrogen-bond donors (Lipinski definition) is 1. The van der Waals surface area contributed by atoms with Crippen LogP contribution in [0.2, 0.25) is 0 Å². The summed E-state index contributed by atoms with van der Waals surface area (Å²) in [6, 6.07) is 0.950. The quantitative estimate of drug-likeness (QED) is 0.843. The molecule has 1 saturated carbocycles. The smallest absolute Gasteiger partial charge is 0.324 e. The van der Waals surface area contributed by atoms with Crippen LogP contribution in [0.1, 0.15) is 39.0 Å². The van der Waals surface area contributed by atoms with E-state index in [0.717, 1.165) is 6.42 Å². The Morgan fingerprint density at radius 3 is 2.21 bits per heavy atom. The number of aromatic nitrogens is 3. The highest BCUT2D eigenvalue weighted by Crippen LogP contribution is 2.25. The molecule has 0 aliphatic heterocycles. The van der Waals surface area contributed by atoms with Crippen molar-refractivity contribution in [2.24, 2.45) is 5.92 Å². The Labute approximate surface area is 114 Å². The molecule has 1 fully saturated rings. The van der Waals surface area contributed by atoms with Gasteiger partial charge in [-0.15, -0.1) is 4.98 Å². The van der Waals surface area contributed by atoms with Gasteiger partial charge in [0.15, 0.2) is 0 Å². The van der Waals surface area contributed by atoms with E-state index in [9.17, 15) is 0 Å². The van der Waals surface area contributed by atoms with Crippen molar-refractivity contribution in [3.05, 3.63) is 0 Å². The van der Waals surface area contributed by atoms with Crippen LogP contribution in [-0.4, -0.2) is 35.2 Å². The van der Waals surface area contributed by atoms with Crippen LogP contribution in [0.4, 0.5) is 5.95 Å². The van der Waals surface area contributed by atoms with E-state index in [4.69, 9.17) is 9.47 Å². The molecule has 6 nitrogen and oxygen atoms in total. The second-order valence-electron chi connectivity index (χ2n) is 5.00. The molecule has 0 spiro atoms. The molecular formula is C13H22N4O2. The summed E-state index contributed by atoms with van der Waals surface area (Å²) in [5, 5.41) is 3.40. The predicted molar refractivity (Wildman–Crippen MR) is 72.6 cm³/mol. The maximum atomic E-state index is 5.06. The average Bonchev–Trinajstić information content (AvgIpc) is 2.63. The summed E-state index contributed by atoms with van der Waals surface area (Å²) in [7, 11) is 3.07. The monoisotopic (exact) mass is 266 g/mol. The van der Waals surface area contributed by atoms with Crippen LogP contribution in [0.25, 0.3) is 0 Å². The summed E-state index contributed by atoms with van der Waals surface area (Å²) in [5.74, 6) is 1.15. The standard InChI is InChI=1S/C13H22N4O2/c1-9-7-5-4-6-8-10(9)14-11-15-12(18-2)17-13(16-11)19-3/h9-10H,4-8H2,1-3H3,(H,14,15,16,17). The normalized spacial score (nSPS) is 23.5. The lowest BCUT2D eigenvalue weighted by Crippen LogP contribution is -2.27. The van der Waals surface area contributed by atoms with Crippen molar-refractivity contribution in [2.45, 2.75) is 45.1 Å². The van der Waals surface area contributed by atoms with Crippen molar-refractivity contribution in [3.63, 3.8) is 0 Å². The molecule has 1 aromatic rings. The Morgan fingerprint density at radius 1 is 0.947 bits per heavy atom. The van der Waals surface area contributed by atoms with Gasteiger partial charge in [-0.05, 0) is 18.8 Å². The lowest BCUT2D eigenvalue weighted by Gasteiger charge is -2.22. The summed E-state index contributed by atoms with van der Waals surface area (Å²) in [4.78, 5) is 12.4. The second-order valence-corrected chi connectivity index (χ2v) is 5.00. The molecule has 0 amide bonds. The predicted octanol–water partition coefficient (Wildman–Crippen LogP) is 2.27. The van der Waals surface area contributed by atoms with Gasteiger partial charge in [0, 0.05) is 6.04 Å². The van der Waals surface area contributed by atoms with E-state index in [0.29, 0.717) is 17.9 Å². The minimum atomic E-state index is 0.274. The van der Waals surface area contributed by atoms with Crippen LogP contribution in [0.5, 0.6) is 12.0 Å². The SMILES string of the molecule is COc1nc(NC2CCCCCC2C)nc(OC)n1. The van der Waals surface area contributed by atoms with E-state index in [1.165, 1.54) is 39.9 Å². The molecule has 1 aliphatic rings. The highest BCUT2D eigenvalue weighted by Gasteiger charge is 2.21. The Kier molecular flexibility index (Phi) is 4.76. The zero-order valence-corrected chi connectivity index (χ0v) is 11.8. The number of nitrogens with zero attached hydrogens (tertiary/aromatic N) is 3. The van der Waals surface area contributed by atoms with Gasteiger partial charge < -0.3 is 14.8 Å². The first-order chi connectivity index (χ1) is 9.22. The third-order valence-electron chi connectivity index (χ3n) is 3.64. The van der Waals surface area contributed by atoms with Crippen LogP contribution in [0.3, 0.4) is 0 Å². The molecule has 0 bridgehead atoms. The van der Waals surface area contributed by atoms with Gasteiger partial charge >= 0.3 is 12.0 Å². The Balaban J connectivity index is 2.12. The molecule has 0 saturated heterocycles. The fourth-order valence-electron chi connectivity index (χ4n) is 2.46. The number of anilines is 1. The minimum Gasteiger partial charge on any atom is -0.467 e. The molecule has 2 atom stereocenters. The Morgan fingerprint density at radius 2 is 1.58 bits per heavy atom. The minimum absolute atomic E-state index is 0.274. The first kappa shape index (κ1) is 13.8. The van der Waals surface area contributed by atoms with Crippen LogP contribution < -0.4 is 14.8 Å². The Hall–Kier alpha value is -1.59. The summed E-state index contributed by atoms with van der Waals surface area (Å²) in [5.41, 5.74) is 0. The molecule has 0 radical (unpaired) electrons. The number of ether oxygens (including phenoxy) is 2. The van der Waals surface area contributed by atoms with E-state index in [-0.39, 0.29) is 12.0 Å². The average molecular weight is 266 g/mol. The fraction of sp³-hybridized carbons (Fsp3) is 0.769. The first-order valence-electron chi connectivity index (χ1n) is 6.83. The number of rotatable bonds is 4. The highest BCUT2D eigenvalue weighted by atomic mass is 16.5. The molecule has 1 aliphatic carbocycles. The molecule has 2 rings (SSSR count). The molecule has 1 aromatic heterocycles. The zero-order valence-electron chi connectivity index (χ0n) is 11.8. The van der Waals surface area contributed by atoms with Crippen LogP contribution in [0.15, 0.2) is 0 Å². The zero-order chi connectivity index (χ0) is 13.7. The summed E-state index contributed by atoms with van der Waals surface area (Å²) < 4.78 is 10.1. The summed E-state index contributed by atoms with van der Waals surface area (Å²) in [6.45, 7) is 2.28. The van der Waals surface area contributed by atoms with E-state index in [1.807, 2.05) is 0 Å². The summed E-state index contributed by atoms with van der Waals surface area (Å²) in [6.07, 6.45) is 6.27. The lowest BCUT2D eigenvalue weighted by molar-refractivity contribution is 0.340. The van der Waals surface area contributed by atoms with Gasteiger partial charge in [0.2, 0.25) is 5.95 Å².